The molecule has 0 atom stereocenters. The van der Waals surface area contributed by atoms with Gasteiger partial charge in [0.05, 0.1) is 22.6 Å². The van der Waals surface area contributed by atoms with Crippen molar-refractivity contribution in [3.05, 3.63) is 70.2 Å². The molecule has 0 fully saturated rings. The zero-order valence-electron chi connectivity index (χ0n) is 19.3. The molecule has 38 heavy (non-hydrogen) atoms. The summed E-state index contributed by atoms with van der Waals surface area (Å²) in [6.45, 7) is 1.37. The van der Waals surface area contributed by atoms with Crippen LogP contribution in [0.25, 0.3) is 0 Å². The molecule has 3 N–H and O–H groups in total. The average molecular weight is 577 g/mol. The number of aromatic nitrogens is 1. The number of benzene rings is 2. The van der Waals surface area contributed by atoms with Gasteiger partial charge in [0.2, 0.25) is 11.8 Å². The lowest BCUT2D eigenvalue weighted by atomic mass is 10.0. The molecule has 0 saturated carbocycles. The summed E-state index contributed by atoms with van der Waals surface area (Å²) in [5, 5.41) is 8.99. The predicted octanol–water partition coefficient (Wildman–Crippen LogP) is 6.26. The van der Waals surface area contributed by atoms with Crippen molar-refractivity contribution in [2.45, 2.75) is 25.0 Å². The smallest absolute Gasteiger partial charge is 0.326 e. The monoisotopic (exact) mass is 576 g/mol. The maximum absolute atomic E-state index is 13.0. The van der Waals surface area contributed by atoms with E-state index in [0.29, 0.717) is 29.2 Å². The molecule has 0 bridgehead atoms. The van der Waals surface area contributed by atoms with Crippen LogP contribution in [0.1, 0.15) is 34.1 Å². The maximum Gasteiger partial charge on any atom is 0.416 e. The minimum absolute atomic E-state index is 0.0275. The molecule has 1 aromatic heterocycles. The van der Waals surface area contributed by atoms with Crippen molar-refractivity contribution < 1.29 is 40.7 Å². The standard InChI is InChI=1S/C23H18F6N4O3S2/c1-12(34)30-16-2-4-17(5-3-16)31-19(35)11-37-9-18-10-38-21(32-18)33-20(36)13-6-14(22(24,25)26)8-15(7-13)23(27,28)29/h2-8,10H,9,11H2,1H3,(H,30,34)(H,31,35)(H,32,33,36). The van der Waals surface area contributed by atoms with E-state index in [9.17, 15) is 40.7 Å². The number of amides is 3. The number of anilines is 3. The van der Waals surface area contributed by atoms with Gasteiger partial charge in [-0.1, -0.05) is 0 Å². The molecule has 3 amide bonds. The number of alkyl halides is 6. The highest BCUT2D eigenvalue weighted by atomic mass is 32.2. The van der Waals surface area contributed by atoms with E-state index < -0.39 is 35.0 Å². The summed E-state index contributed by atoms with van der Waals surface area (Å²) in [5.74, 6) is -1.41. The van der Waals surface area contributed by atoms with Crippen LogP contribution in [0.3, 0.4) is 0 Å². The molecule has 15 heteroatoms. The van der Waals surface area contributed by atoms with E-state index >= 15 is 0 Å². The molecule has 202 valence electrons. The number of hydrogen-bond acceptors (Lipinski definition) is 6. The van der Waals surface area contributed by atoms with Crippen molar-refractivity contribution in [3.8, 4) is 0 Å². The quantitative estimate of drug-likeness (QED) is 0.275. The highest BCUT2D eigenvalue weighted by molar-refractivity contribution is 7.99. The van der Waals surface area contributed by atoms with Gasteiger partial charge in [-0.3, -0.25) is 19.7 Å². The Bertz CT molecular complexity index is 1290. The van der Waals surface area contributed by atoms with Crippen LogP contribution in [0.5, 0.6) is 0 Å². The highest BCUT2D eigenvalue weighted by Crippen LogP contribution is 2.36. The average Bonchev–Trinajstić information content (AvgIpc) is 3.25. The molecule has 0 aliphatic carbocycles. The summed E-state index contributed by atoms with van der Waals surface area (Å²) in [7, 11) is 0. The zero-order valence-corrected chi connectivity index (χ0v) is 20.9. The fourth-order valence-electron chi connectivity index (χ4n) is 2.97. The summed E-state index contributed by atoms with van der Waals surface area (Å²) in [6, 6.07) is 7.09. The molecule has 7 nitrogen and oxygen atoms in total. The van der Waals surface area contributed by atoms with Crippen molar-refractivity contribution in [3.63, 3.8) is 0 Å². The lowest BCUT2D eigenvalue weighted by Crippen LogP contribution is -2.17. The first-order valence-electron chi connectivity index (χ1n) is 10.5. The Morgan fingerprint density at radius 1 is 0.868 bits per heavy atom. The Balaban J connectivity index is 1.55. The van der Waals surface area contributed by atoms with Crippen LogP contribution in [-0.2, 0) is 27.7 Å². The molecule has 1 heterocycles. The molecule has 0 aliphatic heterocycles. The first kappa shape index (κ1) is 29.0. The van der Waals surface area contributed by atoms with Crippen molar-refractivity contribution in [1.82, 2.24) is 4.98 Å². The first-order valence-corrected chi connectivity index (χ1v) is 12.5. The zero-order chi connectivity index (χ0) is 28.1. The number of rotatable bonds is 8. The van der Waals surface area contributed by atoms with Crippen LogP contribution in [-0.4, -0.2) is 28.5 Å². The van der Waals surface area contributed by atoms with Gasteiger partial charge in [0, 0.05) is 35.0 Å². The number of nitrogens with one attached hydrogen (secondary N) is 3. The van der Waals surface area contributed by atoms with Gasteiger partial charge in [-0.2, -0.15) is 26.3 Å². The van der Waals surface area contributed by atoms with Crippen molar-refractivity contribution in [2.75, 3.05) is 21.7 Å². The van der Waals surface area contributed by atoms with Gasteiger partial charge in [0.15, 0.2) is 5.13 Å². The number of halogens is 6. The highest BCUT2D eigenvalue weighted by Gasteiger charge is 2.37. The van der Waals surface area contributed by atoms with Gasteiger partial charge in [-0.05, 0) is 42.5 Å². The van der Waals surface area contributed by atoms with Gasteiger partial charge in [0.25, 0.3) is 5.91 Å². The van der Waals surface area contributed by atoms with E-state index in [1.165, 1.54) is 24.1 Å². The van der Waals surface area contributed by atoms with Crippen LogP contribution in [0, 0.1) is 0 Å². The van der Waals surface area contributed by atoms with Crippen LogP contribution in [0.2, 0.25) is 0 Å². The summed E-state index contributed by atoms with van der Waals surface area (Å²) >= 11 is 2.12. The Morgan fingerprint density at radius 3 is 1.95 bits per heavy atom. The number of thiazole rings is 1. The Kier molecular flexibility index (Phi) is 9.04. The predicted molar refractivity (Wildman–Crippen MR) is 132 cm³/mol. The molecule has 0 aliphatic rings. The van der Waals surface area contributed by atoms with Gasteiger partial charge < -0.3 is 10.6 Å². The van der Waals surface area contributed by atoms with Crippen LogP contribution < -0.4 is 16.0 Å². The molecule has 0 unspecified atom stereocenters. The molecular weight excluding hydrogens is 558 g/mol. The Morgan fingerprint density at radius 2 is 1.42 bits per heavy atom. The minimum Gasteiger partial charge on any atom is -0.326 e. The third kappa shape index (κ3) is 8.48. The van der Waals surface area contributed by atoms with Crippen molar-refractivity contribution in [1.29, 1.82) is 0 Å². The number of nitrogens with zero attached hydrogens (tertiary/aromatic N) is 1. The van der Waals surface area contributed by atoms with Gasteiger partial charge >= 0.3 is 12.4 Å². The van der Waals surface area contributed by atoms with Gasteiger partial charge in [-0.25, -0.2) is 4.98 Å². The normalized spacial score (nSPS) is 11.7. The van der Waals surface area contributed by atoms with Crippen molar-refractivity contribution in [2.24, 2.45) is 0 Å². The lowest BCUT2D eigenvalue weighted by molar-refractivity contribution is -0.143. The third-order valence-electron chi connectivity index (χ3n) is 4.59. The van der Waals surface area contributed by atoms with E-state index in [-0.39, 0.29) is 34.5 Å². The second kappa shape index (κ2) is 11.9. The summed E-state index contributed by atoms with van der Waals surface area (Å²) < 4.78 is 78.2. The van der Waals surface area contributed by atoms with E-state index in [4.69, 9.17) is 0 Å². The number of carbonyl (C=O) groups excluding carboxylic acids is 3. The first-order chi connectivity index (χ1) is 17.7. The molecule has 2 aromatic carbocycles. The summed E-state index contributed by atoms with van der Waals surface area (Å²) in [6.07, 6.45) is -10.2. The summed E-state index contributed by atoms with van der Waals surface area (Å²) in [5.41, 5.74) is -2.48. The van der Waals surface area contributed by atoms with Gasteiger partial charge in [0.1, 0.15) is 0 Å². The minimum atomic E-state index is -5.08. The molecule has 3 aromatic rings. The molecule has 0 saturated heterocycles. The second-order valence-electron chi connectivity index (χ2n) is 7.69. The van der Waals surface area contributed by atoms with Crippen LogP contribution in [0.4, 0.5) is 42.8 Å². The number of carbonyl (C=O) groups is 3. The Labute approximate surface area is 220 Å². The van der Waals surface area contributed by atoms with Crippen LogP contribution >= 0.6 is 23.1 Å². The lowest BCUT2D eigenvalue weighted by Gasteiger charge is -2.13. The SMILES string of the molecule is CC(=O)Nc1ccc(NC(=O)CSCc2csc(NC(=O)c3cc(C(F)(F)F)cc(C(F)(F)F)c3)n2)cc1. The summed E-state index contributed by atoms with van der Waals surface area (Å²) in [4.78, 5) is 39.6. The van der Waals surface area contributed by atoms with E-state index in [2.05, 4.69) is 20.9 Å². The molecular formula is C23H18F6N4O3S2. The number of thioether (sulfide) groups is 1. The topological polar surface area (TPSA) is 100 Å². The van der Waals surface area contributed by atoms with E-state index in [0.717, 1.165) is 11.3 Å². The number of hydrogen-bond donors (Lipinski definition) is 3. The third-order valence-corrected chi connectivity index (χ3v) is 6.37. The van der Waals surface area contributed by atoms with Gasteiger partial charge in [-0.15, -0.1) is 23.1 Å². The Hall–Kier alpha value is -3.59. The fourth-order valence-corrected chi connectivity index (χ4v) is 4.50. The molecule has 0 radical (unpaired) electrons. The van der Waals surface area contributed by atoms with Crippen molar-refractivity contribution >= 4 is 57.3 Å². The second-order valence-corrected chi connectivity index (χ2v) is 9.54. The fraction of sp³-hybridized carbons (Fsp3) is 0.217. The van der Waals surface area contributed by atoms with E-state index in [1.807, 2.05) is 0 Å². The largest absolute Gasteiger partial charge is 0.416 e. The van der Waals surface area contributed by atoms with E-state index in [1.54, 1.807) is 24.3 Å². The molecule has 0 spiro atoms. The van der Waals surface area contributed by atoms with Crippen LogP contribution in [0.15, 0.2) is 47.8 Å². The maximum atomic E-state index is 13.0. The molecule has 3 rings (SSSR count).